The van der Waals surface area contributed by atoms with E-state index in [1.807, 2.05) is 19.9 Å². The first-order valence-electron chi connectivity index (χ1n) is 10.9. The lowest BCUT2D eigenvalue weighted by atomic mass is 9.88. The van der Waals surface area contributed by atoms with Gasteiger partial charge in [0.1, 0.15) is 18.0 Å². The van der Waals surface area contributed by atoms with Crippen molar-refractivity contribution in [2.24, 2.45) is 11.3 Å². The molecule has 0 spiro atoms. The Morgan fingerprint density at radius 2 is 2.16 bits per heavy atom. The number of hydrogen-bond donors (Lipinski definition) is 2. The summed E-state index contributed by atoms with van der Waals surface area (Å²) in [5, 5.41) is 12.6. The Morgan fingerprint density at radius 3 is 2.75 bits per heavy atom. The van der Waals surface area contributed by atoms with Crippen LogP contribution >= 0.6 is 0 Å². The minimum atomic E-state index is -0.810. The van der Waals surface area contributed by atoms with E-state index in [4.69, 9.17) is 18.9 Å². The Hall–Kier alpha value is -2.01. The van der Waals surface area contributed by atoms with Gasteiger partial charge >= 0.3 is 0 Å². The molecule has 10 heteroatoms. The van der Waals surface area contributed by atoms with Gasteiger partial charge in [0.2, 0.25) is 5.88 Å². The van der Waals surface area contributed by atoms with Gasteiger partial charge in [-0.15, -0.1) is 0 Å². The molecule has 2 fully saturated rings. The number of nitrogens with one attached hydrogen (secondary N) is 1. The van der Waals surface area contributed by atoms with Crippen molar-refractivity contribution >= 4 is 11.6 Å². The monoisotopic (exact) mass is 455 g/mol. The number of hydrogen-bond acceptors (Lipinski definition) is 8. The van der Waals surface area contributed by atoms with E-state index in [9.17, 15) is 14.3 Å². The molecule has 3 heterocycles. The van der Waals surface area contributed by atoms with Crippen molar-refractivity contribution in [3.05, 3.63) is 17.8 Å². The average molecular weight is 456 g/mol. The number of rotatable bonds is 13. The number of anilines is 1. The molecular weight excluding hydrogens is 421 g/mol. The van der Waals surface area contributed by atoms with Gasteiger partial charge < -0.3 is 34.3 Å². The van der Waals surface area contributed by atoms with Gasteiger partial charge in [-0.1, -0.05) is 6.92 Å². The quantitative estimate of drug-likeness (QED) is 0.460. The van der Waals surface area contributed by atoms with E-state index in [1.54, 1.807) is 13.2 Å². The molecule has 1 unspecified atom stereocenters. The molecule has 2 saturated heterocycles. The molecule has 9 nitrogen and oxygen atoms in total. The molecule has 32 heavy (non-hydrogen) atoms. The van der Waals surface area contributed by atoms with Crippen molar-refractivity contribution in [3.8, 4) is 5.88 Å². The molecule has 2 N–H and O–H groups in total. The highest BCUT2D eigenvalue weighted by molar-refractivity contribution is 5.93. The second-order valence-corrected chi connectivity index (χ2v) is 8.92. The molecule has 0 aromatic carbocycles. The lowest BCUT2D eigenvalue weighted by molar-refractivity contribution is -0.153. The third-order valence-electron chi connectivity index (χ3n) is 5.87. The highest BCUT2D eigenvalue weighted by Crippen LogP contribution is 2.34. The fourth-order valence-corrected chi connectivity index (χ4v) is 3.80. The minimum Gasteiger partial charge on any atom is -0.475 e. The first kappa shape index (κ1) is 24.6. The van der Waals surface area contributed by atoms with Crippen LogP contribution in [0, 0.1) is 11.3 Å². The molecule has 2 atom stereocenters. The number of ether oxygens (including phenoxy) is 4. The van der Waals surface area contributed by atoms with Gasteiger partial charge in [-0.3, -0.25) is 4.79 Å². The summed E-state index contributed by atoms with van der Waals surface area (Å²) in [5.41, 5.74) is 0.594. The Balaban J connectivity index is 1.67. The van der Waals surface area contributed by atoms with Crippen LogP contribution in [0.3, 0.4) is 0 Å². The molecule has 3 rings (SSSR count). The first-order chi connectivity index (χ1) is 15.4. The van der Waals surface area contributed by atoms with Crippen LogP contribution in [0.4, 0.5) is 10.1 Å². The third-order valence-corrected chi connectivity index (χ3v) is 5.87. The summed E-state index contributed by atoms with van der Waals surface area (Å²) in [6.45, 7) is 5.81. The van der Waals surface area contributed by atoms with Crippen molar-refractivity contribution in [1.82, 2.24) is 10.3 Å². The van der Waals surface area contributed by atoms with Crippen LogP contribution in [0.5, 0.6) is 5.88 Å². The van der Waals surface area contributed by atoms with Crippen molar-refractivity contribution in [2.75, 3.05) is 65.0 Å². The maximum atomic E-state index is 12.8. The van der Waals surface area contributed by atoms with Gasteiger partial charge in [-0.25, -0.2) is 9.37 Å². The number of aliphatic hydroxyl groups is 1. The van der Waals surface area contributed by atoms with Crippen LogP contribution in [0.2, 0.25) is 0 Å². The van der Waals surface area contributed by atoms with Crippen LogP contribution in [0.1, 0.15) is 30.8 Å². The standard InChI is InChI=1S/C22H34FN3O6/c1-15(9-30-14-23)6-16(2)24-20(28)18-4-5-19(26-7-17(8-26)29-3)21(25-18)32-13-22(10-27)11-31-12-22/h4-5,15-17,27H,6-14H2,1-3H3,(H,24,28)/t15?,16-/m0/s1. The molecule has 180 valence electrons. The number of halogens is 1. The Labute approximate surface area is 188 Å². The number of nitrogens with zero attached hydrogens (tertiary/aromatic N) is 2. The van der Waals surface area contributed by atoms with Crippen molar-refractivity contribution in [2.45, 2.75) is 32.4 Å². The molecule has 0 saturated carbocycles. The van der Waals surface area contributed by atoms with E-state index in [0.717, 1.165) is 5.69 Å². The van der Waals surface area contributed by atoms with E-state index >= 15 is 0 Å². The summed E-state index contributed by atoms with van der Waals surface area (Å²) in [5.74, 6) is 0.147. The zero-order chi connectivity index (χ0) is 23.1. The summed E-state index contributed by atoms with van der Waals surface area (Å²) >= 11 is 0. The van der Waals surface area contributed by atoms with E-state index in [-0.39, 0.29) is 42.9 Å². The number of amides is 1. The topological polar surface area (TPSA) is 102 Å². The summed E-state index contributed by atoms with van der Waals surface area (Å²) in [6, 6.07) is 3.37. The van der Waals surface area contributed by atoms with Crippen molar-refractivity contribution < 1.29 is 33.2 Å². The molecular formula is C22H34FN3O6. The zero-order valence-corrected chi connectivity index (χ0v) is 19.0. The molecule has 0 aliphatic carbocycles. The molecule has 2 aliphatic heterocycles. The van der Waals surface area contributed by atoms with Gasteiger partial charge in [0.15, 0.2) is 6.86 Å². The van der Waals surface area contributed by atoms with Crippen LogP contribution < -0.4 is 15.0 Å². The van der Waals surface area contributed by atoms with Crippen LogP contribution in [-0.2, 0) is 14.2 Å². The summed E-state index contributed by atoms with van der Waals surface area (Å²) < 4.78 is 33.5. The van der Waals surface area contributed by atoms with Gasteiger partial charge in [-0.05, 0) is 31.4 Å². The Bertz CT molecular complexity index is 752. The Morgan fingerprint density at radius 1 is 1.41 bits per heavy atom. The third kappa shape index (κ3) is 6.06. The number of pyridine rings is 1. The maximum Gasteiger partial charge on any atom is 0.270 e. The fourth-order valence-electron chi connectivity index (χ4n) is 3.80. The summed E-state index contributed by atoms with van der Waals surface area (Å²) in [4.78, 5) is 19.3. The predicted molar refractivity (Wildman–Crippen MR) is 116 cm³/mol. The van der Waals surface area contributed by atoms with Crippen LogP contribution in [0.15, 0.2) is 12.1 Å². The number of carbonyl (C=O) groups is 1. The molecule has 1 aromatic rings. The average Bonchev–Trinajstić information content (AvgIpc) is 2.71. The lowest BCUT2D eigenvalue weighted by Crippen LogP contribution is -2.52. The lowest BCUT2D eigenvalue weighted by Gasteiger charge is -2.41. The second kappa shape index (κ2) is 11.2. The van der Waals surface area contributed by atoms with Gasteiger partial charge in [0.25, 0.3) is 5.91 Å². The van der Waals surface area contributed by atoms with Gasteiger partial charge in [0, 0.05) is 26.2 Å². The molecule has 0 bridgehead atoms. The number of methoxy groups -OCH3 is 1. The SMILES string of the molecule is COC1CN(c2ccc(C(=O)N[C@@H](C)CC(C)COCF)nc2OCC2(CO)COC2)C1. The molecule has 2 aliphatic rings. The van der Waals surface area contributed by atoms with E-state index < -0.39 is 12.3 Å². The van der Waals surface area contributed by atoms with Gasteiger partial charge in [-0.2, -0.15) is 0 Å². The minimum absolute atomic E-state index is 0.0419. The van der Waals surface area contributed by atoms with Crippen molar-refractivity contribution in [1.29, 1.82) is 0 Å². The summed E-state index contributed by atoms with van der Waals surface area (Å²) in [7, 11) is 1.68. The highest BCUT2D eigenvalue weighted by atomic mass is 19.1. The normalized spacial score (nSPS) is 19.6. The first-order valence-corrected chi connectivity index (χ1v) is 10.9. The molecule has 0 radical (unpaired) electrons. The predicted octanol–water partition coefficient (Wildman–Crippen LogP) is 1.39. The van der Waals surface area contributed by atoms with E-state index in [2.05, 4.69) is 15.2 Å². The largest absolute Gasteiger partial charge is 0.475 e. The smallest absolute Gasteiger partial charge is 0.270 e. The maximum absolute atomic E-state index is 12.8. The van der Waals surface area contributed by atoms with Gasteiger partial charge in [0.05, 0.1) is 37.9 Å². The van der Waals surface area contributed by atoms with Crippen LogP contribution in [-0.4, -0.2) is 88.2 Å². The summed E-state index contributed by atoms with van der Waals surface area (Å²) in [6.07, 6.45) is 0.803. The van der Waals surface area contributed by atoms with Crippen LogP contribution in [0.25, 0.3) is 0 Å². The number of aliphatic hydroxyl groups excluding tert-OH is 1. The number of aromatic nitrogens is 1. The van der Waals surface area contributed by atoms with E-state index in [0.29, 0.717) is 45.2 Å². The second-order valence-electron chi connectivity index (χ2n) is 8.92. The molecule has 1 amide bonds. The zero-order valence-electron chi connectivity index (χ0n) is 19.0. The van der Waals surface area contributed by atoms with E-state index in [1.165, 1.54) is 0 Å². The highest BCUT2D eigenvalue weighted by Gasteiger charge is 2.40. The number of alkyl halides is 1. The fraction of sp³-hybridized carbons (Fsp3) is 0.727. The van der Waals surface area contributed by atoms with Crippen molar-refractivity contribution in [3.63, 3.8) is 0 Å². The number of carbonyl (C=O) groups excluding carboxylic acids is 1. The Kier molecular flexibility index (Phi) is 8.64. The molecule has 1 aromatic heterocycles.